The van der Waals surface area contributed by atoms with Crippen molar-refractivity contribution in [2.24, 2.45) is 0 Å². The van der Waals surface area contributed by atoms with E-state index in [2.05, 4.69) is 15.2 Å². The highest BCUT2D eigenvalue weighted by molar-refractivity contribution is 5.93. The Bertz CT molecular complexity index is 950. The number of halogens is 2. The molecule has 1 amide bonds. The van der Waals surface area contributed by atoms with E-state index in [0.29, 0.717) is 32.4 Å². The van der Waals surface area contributed by atoms with Crippen molar-refractivity contribution in [2.45, 2.75) is 43.6 Å². The van der Waals surface area contributed by atoms with E-state index in [0.717, 1.165) is 0 Å². The zero-order valence-corrected chi connectivity index (χ0v) is 16.0. The van der Waals surface area contributed by atoms with Crippen LogP contribution in [0.15, 0.2) is 17.3 Å². The van der Waals surface area contributed by atoms with Gasteiger partial charge in [-0.15, -0.1) is 0 Å². The van der Waals surface area contributed by atoms with Crippen LogP contribution in [0.2, 0.25) is 0 Å². The quantitative estimate of drug-likeness (QED) is 0.764. The molecular formula is C18H24F2N6O3. The maximum atomic E-state index is 13.4. The Kier molecular flexibility index (Phi) is 5.11. The van der Waals surface area contributed by atoms with Crippen molar-refractivity contribution in [1.82, 2.24) is 29.4 Å². The molecule has 0 saturated carbocycles. The normalized spacial score (nSPS) is 25.8. The van der Waals surface area contributed by atoms with Gasteiger partial charge in [-0.3, -0.25) is 9.59 Å². The second kappa shape index (κ2) is 7.45. The molecular weight excluding hydrogens is 386 g/mol. The standard InChI is InChI=1S/C18H24F2N6O3/c19-18(20)4-7-24(8-5-18)11-17(29)2-1-6-25(9-3-17)14(27)13-10-21-16-23-22-12-26(16)15(13)28/h10,12,29H,1-9,11H2,(H,21,23). The summed E-state index contributed by atoms with van der Waals surface area (Å²) in [6, 6.07) is 0. The molecule has 4 heterocycles. The molecule has 0 aromatic carbocycles. The summed E-state index contributed by atoms with van der Waals surface area (Å²) in [5.74, 6) is -2.80. The average molecular weight is 410 g/mol. The molecule has 29 heavy (non-hydrogen) atoms. The minimum absolute atomic E-state index is 0.0485. The van der Waals surface area contributed by atoms with Crippen LogP contribution in [0, 0.1) is 0 Å². The van der Waals surface area contributed by atoms with Crippen LogP contribution < -0.4 is 5.56 Å². The van der Waals surface area contributed by atoms with Gasteiger partial charge in [0.25, 0.3) is 17.4 Å². The Balaban J connectivity index is 1.42. The van der Waals surface area contributed by atoms with Gasteiger partial charge in [0, 0.05) is 51.8 Å². The van der Waals surface area contributed by atoms with Gasteiger partial charge >= 0.3 is 0 Å². The minimum atomic E-state index is -2.62. The highest BCUT2D eigenvalue weighted by Crippen LogP contribution is 2.30. The SMILES string of the molecule is O=C(c1cnc2[nH]ncn2c1=O)N1CCCC(O)(CN2CCC(F)(F)CC2)CC1. The Labute approximate surface area is 165 Å². The van der Waals surface area contributed by atoms with Crippen LogP contribution in [0.3, 0.4) is 0 Å². The smallest absolute Gasteiger partial charge is 0.273 e. The van der Waals surface area contributed by atoms with Crippen molar-refractivity contribution in [3.8, 4) is 0 Å². The molecule has 2 fully saturated rings. The first-order valence-electron chi connectivity index (χ1n) is 9.79. The average Bonchev–Trinajstić information content (AvgIpc) is 3.08. The van der Waals surface area contributed by atoms with Gasteiger partial charge in [0.15, 0.2) is 0 Å². The molecule has 9 nitrogen and oxygen atoms in total. The highest BCUT2D eigenvalue weighted by Gasteiger charge is 2.38. The molecule has 11 heteroatoms. The highest BCUT2D eigenvalue weighted by atomic mass is 19.3. The van der Waals surface area contributed by atoms with Crippen molar-refractivity contribution in [2.75, 3.05) is 32.7 Å². The first-order valence-corrected chi connectivity index (χ1v) is 9.79. The third kappa shape index (κ3) is 4.15. The number of alkyl halides is 2. The number of carbonyl (C=O) groups is 1. The third-order valence-corrected chi connectivity index (χ3v) is 5.87. The number of H-pyrrole nitrogens is 1. The number of carbonyl (C=O) groups excluding carboxylic acids is 1. The summed E-state index contributed by atoms with van der Waals surface area (Å²) in [5, 5.41) is 17.3. The molecule has 1 atom stereocenters. The summed E-state index contributed by atoms with van der Waals surface area (Å²) in [7, 11) is 0. The lowest BCUT2D eigenvalue weighted by atomic mass is 9.93. The third-order valence-electron chi connectivity index (χ3n) is 5.87. The van der Waals surface area contributed by atoms with E-state index < -0.39 is 23.0 Å². The number of nitrogens with zero attached hydrogens (tertiary/aromatic N) is 5. The minimum Gasteiger partial charge on any atom is -0.388 e. The van der Waals surface area contributed by atoms with E-state index >= 15 is 0 Å². The number of aliphatic hydroxyl groups is 1. The lowest BCUT2D eigenvalue weighted by Crippen LogP contribution is -2.48. The second-order valence-electron chi connectivity index (χ2n) is 8.03. The van der Waals surface area contributed by atoms with Crippen LogP contribution in [0.1, 0.15) is 42.5 Å². The van der Waals surface area contributed by atoms with Crippen molar-refractivity contribution in [3.63, 3.8) is 0 Å². The molecule has 2 N–H and O–H groups in total. The van der Waals surface area contributed by atoms with Crippen LogP contribution in [0.25, 0.3) is 5.78 Å². The second-order valence-corrected chi connectivity index (χ2v) is 8.03. The van der Waals surface area contributed by atoms with E-state index in [4.69, 9.17) is 0 Å². The zero-order valence-electron chi connectivity index (χ0n) is 16.0. The summed E-state index contributed by atoms with van der Waals surface area (Å²) in [6.45, 7) is 1.52. The van der Waals surface area contributed by atoms with E-state index in [9.17, 15) is 23.5 Å². The predicted octanol–water partition coefficient (Wildman–Crippen LogP) is 0.506. The number of aromatic amines is 1. The molecule has 158 valence electrons. The van der Waals surface area contributed by atoms with Crippen molar-refractivity contribution in [3.05, 3.63) is 28.4 Å². The van der Waals surface area contributed by atoms with Gasteiger partial charge in [-0.2, -0.15) is 5.10 Å². The first kappa shape index (κ1) is 19.9. The van der Waals surface area contributed by atoms with Gasteiger partial charge < -0.3 is 14.9 Å². The van der Waals surface area contributed by atoms with Crippen LogP contribution in [0.4, 0.5) is 8.78 Å². The maximum absolute atomic E-state index is 13.4. The fourth-order valence-electron chi connectivity index (χ4n) is 4.11. The summed E-state index contributed by atoms with van der Waals surface area (Å²) in [5.41, 5.74) is -1.58. The number of fused-ring (bicyclic) bond motifs is 1. The molecule has 0 spiro atoms. The number of piperidine rings is 1. The first-order chi connectivity index (χ1) is 13.8. The molecule has 2 saturated heterocycles. The van der Waals surface area contributed by atoms with Gasteiger partial charge in [0.1, 0.15) is 11.9 Å². The van der Waals surface area contributed by atoms with Crippen LogP contribution in [-0.2, 0) is 0 Å². The van der Waals surface area contributed by atoms with Crippen LogP contribution in [-0.4, -0.2) is 84.6 Å². The monoisotopic (exact) mass is 410 g/mol. The molecule has 4 rings (SSSR count). The Morgan fingerprint density at radius 2 is 1.93 bits per heavy atom. The molecule has 1 unspecified atom stereocenters. The number of likely N-dealkylation sites (tertiary alicyclic amines) is 2. The van der Waals surface area contributed by atoms with Gasteiger partial charge in [0.2, 0.25) is 5.78 Å². The van der Waals surface area contributed by atoms with E-state index in [1.54, 1.807) is 4.90 Å². The van der Waals surface area contributed by atoms with Gasteiger partial charge in [-0.1, -0.05) is 0 Å². The van der Waals surface area contributed by atoms with Crippen molar-refractivity contribution >= 4 is 11.7 Å². The molecule has 2 aromatic heterocycles. The Morgan fingerprint density at radius 1 is 1.17 bits per heavy atom. The van der Waals surface area contributed by atoms with Gasteiger partial charge in [0.05, 0.1) is 5.60 Å². The molecule has 0 aliphatic carbocycles. The van der Waals surface area contributed by atoms with Gasteiger partial charge in [-0.05, 0) is 19.3 Å². The fourth-order valence-corrected chi connectivity index (χ4v) is 4.11. The van der Waals surface area contributed by atoms with E-state index in [1.165, 1.54) is 16.9 Å². The summed E-state index contributed by atoms with van der Waals surface area (Å²) in [6.07, 6.45) is 3.49. The lowest BCUT2D eigenvalue weighted by Gasteiger charge is -2.37. The predicted molar refractivity (Wildman–Crippen MR) is 98.9 cm³/mol. The molecule has 0 radical (unpaired) electrons. The maximum Gasteiger partial charge on any atom is 0.273 e. The number of nitrogens with one attached hydrogen (secondary N) is 1. The number of aromatic nitrogens is 4. The van der Waals surface area contributed by atoms with E-state index in [-0.39, 0.29) is 43.8 Å². The van der Waals surface area contributed by atoms with Crippen LogP contribution >= 0.6 is 0 Å². The Morgan fingerprint density at radius 3 is 2.69 bits per heavy atom. The number of β-amino-alcohol motifs (C(OH)–C–C–N with tert-alkyl or cyclic N) is 1. The zero-order chi connectivity index (χ0) is 20.6. The topological polar surface area (TPSA) is 107 Å². The summed E-state index contributed by atoms with van der Waals surface area (Å²) >= 11 is 0. The number of hydrogen-bond donors (Lipinski definition) is 2. The number of rotatable bonds is 3. The summed E-state index contributed by atoms with van der Waals surface area (Å²) in [4.78, 5) is 32.8. The largest absolute Gasteiger partial charge is 0.388 e. The lowest BCUT2D eigenvalue weighted by molar-refractivity contribution is -0.0768. The van der Waals surface area contributed by atoms with Crippen molar-refractivity contribution in [1.29, 1.82) is 0 Å². The Hall–Kier alpha value is -2.40. The molecule has 0 bridgehead atoms. The van der Waals surface area contributed by atoms with E-state index in [1.807, 2.05) is 4.90 Å². The number of amides is 1. The fraction of sp³-hybridized carbons (Fsp3) is 0.667. The molecule has 2 aromatic rings. The van der Waals surface area contributed by atoms with Crippen molar-refractivity contribution < 1.29 is 18.7 Å². The number of hydrogen-bond acceptors (Lipinski definition) is 6. The van der Waals surface area contributed by atoms with Gasteiger partial charge in [-0.25, -0.2) is 23.3 Å². The van der Waals surface area contributed by atoms with Crippen LogP contribution in [0.5, 0.6) is 0 Å². The summed E-state index contributed by atoms with van der Waals surface area (Å²) < 4.78 is 27.9. The molecule has 2 aliphatic heterocycles. The molecule has 2 aliphatic rings.